The van der Waals surface area contributed by atoms with Crippen LogP contribution < -0.4 is 5.73 Å². The predicted octanol–water partition coefficient (Wildman–Crippen LogP) is 3.76. The summed E-state index contributed by atoms with van der Waals surface area (Å²) in [4.78, 5) is 7.34. The minimum absolute atomic E-state index is 0.245. The number of hydrogen-bond acceptors (Lipinski definition) is 3. The monoisotopic (exact) mass is 339 g/mol. The summed E-state index contributed by atoms with van der Waals surface area (Å²) in [5.74, 6) is 0.245. The summed E-state index contributed by atoms with van der Waals surface area (Å²) in [6, 6.07) is 10.6. The number of aromatic nitrogens is 2. The van der Waals surface area contributed by atoms with Crippen molar-refractivity contribution in [3.05, 3.63) is 52.0 Å². The number of halogens is 2. The maximum absolute atomic E-state index is 12.4. The number of aromatic amines is 1. The first-order chi connectivity index (χ1) is 10.0. The Bertz CT molecular complexity index is 847. The molecular formula is C14H11Cl2N3OS. The lowest BCUT2D eigenvalue weighted by Gasteiger charge is -2.04. The molecule has 0 bridgehead atoms. The molecular weight excluding hydrogens is 329 g/mol. The van der Waals surface area contributed by atoms with Gasteiger partial charge in [0.1, 0.15) is 0 Å². The molecule has 1 unspecified atom stereocenters. The van der Waals surface area contributed by atoms with Gasteiger partial charge < -0.3 is 10.7 Å². The second kappa shape index (κ2) is 5.67. The van der Waals surface area contributed by atoms with E-state index in [0.29, 0.717) is 20.9 Å². The maximum atomic E-state index is 12.4. The summed E-state index contributed by atoms with van der Waals surface area (Å²) in [5, 5.41) is 1.27. The third-order valence-electron chi connectivity index (χ3n) is 3.02. The van der Waals surface area contributed by atoms with Crippen molar-refractivity contribution in [3.8, 4) is 0 Å². The molecule has 2 aromatic carbocycles. The lowest BCUT2D eigenvalue weighted by molar-refractivity contribution is 0.677. The van der Waals surface area contributed by atoms with E-state index < -0.39 is 10.8 Å². The molecule has 3 rings (SSSR count). The Morgan fingerprint density at radius 1 is 1.24 bits per heavy atom. The fourth-order valence-electron chi connectivity index (χ4n) is 1.98. The smallest absolute Gasteiger partial charge is 0.197 e. The molecule has 3 N–H and O–H groups in total. The molecule has 0 fully saturated rings. The van der Waals surface area contributed by atoms with E-state index in [4.69, 9.17) is 28.9 Å². The molecule has 0 saturated carbocycles. The number of hydrogen-bond donors (Lipinski definition) is 2. The fourth-order valence-corrected chi connectivity index (χ4v) is 3.53. The molecule has 0 spiro atoms. The van der Waals surface area contributed by atoms with Crippen molar-refractivity contribution < 1.29 is 4.21 Å². The molecule has 0 saturated heterocycles. The van der Waals surface area contributed by atoms with Crippen LogP contribution in [0.2, 0.25) is 10.0 Å². The highest BCUT2D eigenvalue weighted by atomic mass is 35.5. The quantitative estimate of drug-likeness (QED) is 0.713. The van der Waals surface area contributed by atoms with Crippen LogP contribution in [0.25, 0.3) is 11.0 Å². The Hall–Kier alpha value is -1.56. The lowest BCUT2D eigenvalue weighted by atomic mass is 10.2. The van der Waals surface area contributed by atoms with Crippen LogP contribution in [-0.4, -0.2) is 14.2 Å². The normalized spacial score (nSPS) is 12.7. The number of benzene rings is 2. The molecule has 108 valence electrons. The van der Waals surface area contributed by atoms with E-state index in [1.54, 1.807) is 36.4 Å². The molecule has 4 nitrogen and oxygen atoms in total. The van der Waals surface area contributed by atoms with Gasteiger partial charge in [0.05, 0.1) is 37.6 Å². The third-order valence-corrected chi connectivity index (χ3v) is 5.07. The predicted molar refractivity (Wildman–Crippen MR) is 87.1 cm³/mol. The molecule has 0 radical (unpaired) electrons. The van der Waals surface area contributed by atoms with Crippen molar-refractivity contribution in [2.75, 3.05) is 5.73 Å². The van der Waals surface area contributed by atoms with Gasteiger partial charge in [0.2, 0.25) is 0 Å². The first-order valence-corrected chi connectivity index (χ1v) is 8.18. The summed E-state index contributed by atoms with van der Waals surface area (Å²) in [7, 11) is -1.34. The van der Waals surface area contributed by atoms with Gasteiger partial charge in [-0.3, -0.25) is 4.21 Å². The van der Waals surface area contributed by atoms with Gasteiger partial charge in [-0.2, -0.15) is 0 Å². The number of nitrogens with one attached hydrogen (secondary N) is 1. The number of rotatable bonds is 3. The van der Waals surface area contributed by atoms with Crippen molar-refractivity contribution in [2.45, 2.75) is 10.9 Å². The van der Waals surface area contributed by atoms with E-state index in [2.05, 4.69) is 9.97 Å². The van der Waals surface area contributed by atoms with Gasteiger partial charge >= 0.3 is 0 Å². The van der Waals surface area contributed by atoms with Crippen LogP contribution in [0.3, 0.4) is 0 Å². The highest BCUT2D eigenvalue weighted by Crippen LogP contribution is 2.27. The highest BCUT2D eigenvalue weighted by molar-refractivity contribution is 7.84. The number of imidazole rings is 1. The number of nitrogen functional groups attached to an aromatic ring is 1. The summed E-state index contributed by atoms with van der Waals surface area (Å²) in [6.45, 7) is 0. The molecule has 0 aliphatic rings. The van der Waals surface area contributed by atoms with Crippen LogP contribution in [0.5, 0.6) is 0 Å². The van der Waals surface area contributed by atoms with Crippen LogP contribution in [0.15, 0.2) is 41.6 Å². The van der Waals surface area contributed by atoms with Crippen molar-refractivity contribution in [3.63, 3.8) is 0 Å². The molecule has 7 heteroatoms. The van der Waals surface area contributed by atoms with E-state index in [1.165, 1.54) is 0 Å². The standard InChI is InChI=1S/C14H11Cl2N3OS/c15-10-3-1-2-8(13(10)16)7-21(20)14-18-11-5-4-9(17)6-12(11)19-14/h1-6H,7,17H2,(H,18,19). The van der Waals surface area contributed by atoms with E-state index in [0.717, 1.165) is 16.6 Å². The first kappa shape index (κ1) is 14.4. The minimum Gasteiger partial charge on any atom is -0.399 e. The van der Waals surface area contributed by atoms with Crippen LogP contribution in [0.4, 0.5) is 5.69 Å². The van der Waals surface area contributed by atoms with Gasteiger partial charge in [0.25, 0.3) is 0 Å². The number of fused-ring (bicyclic) bond motifs is 1. The van der Waals surface area contributed by atoms with Crippen LogP contribution >= 0.6 is 23.2 Å². The highest BCUT2D eigenvalue weighted by Gasteiger charge is 2.13. The van der Waals surface area contributed by atoms with Crippen LogP contribution in [-0.2, 0) is 16.6 Å². The molecule has 0 amide bonds. The molecule has 0 aliphatic heterocycles. The number of anilines is 1. The van der Waals surface area contributed by atoms with Gasteiger partial charge in [0, 0.05) is 5.69 Å². The molecule has 3 aromatic rings. The Kier molecular flexibility index (Phi) is 3.89. The fraction of sp³-hybridized carbons (Fsp3) is 0.0714. The van der Waals surface area contributed by atoms with Crippen molar-refractivity contribution in [1.82, 2.24) is 9.97 Å². The van der Waals surface area contributed by atoms with Gasteiger partial charge in [0.15, 0.2) is 5.16 Å². The van der Waals surface area contributed by atoms with Gasteiger partial charge in [-0.25, -0.2) is 4.98 Å². The summed E-state index contributed by atoms with van der Waals surface area (Å²) in [6.07, 6.45) is 0. The van der Waals surface area contributed by atoms with Gasteiger partial charge in [-0.05, 0) is 29.8 Å². The SMILES string of the molecule is Nc1ccc2nc(S(=O)Cc3cccc(Cl)c3Cl)[nH]c2c1. The molecule has 1 heterocycles. The Labute approximate surface area is 133 Å². The zero-order valence-corrected chi connectivity index (χ0v) is 13.1. The van der Waals surface area contributed by atoms with Gasteiger partial charge in [-0.1, -0.05) is 35.3 Å². The lowest BCUT2D eigenvalue weighted by Crippen LogP contribution is -1.99. The summed E-state index contributed by atoms with van der Waals surface area (Å²) in [5.41, 5.74) is 8.55. The Morgan fingerprint density at radius 3 is 2.86 bits per heavy atom. The zero-order valence-electron chi connectivity index (χ0n) is 10.8. The average molecular weight is 340 g/mol. The van der Waals surface area contributed by atoms with Crippen molar-refractivity contribution >= 4 is 50.7 Å². The number of nitrogens with zero attached hydrogens (tertiary/aromatic N) is 1. The summed E-state index contributed by atoms with van der Waals surface area (Å²) >= 11 is 12.1. The molecule has 21 heavy (non-hydrogen) atoms. The Morgan fingerprint density at radius 2 is 2.05 bits per heavy atom. The van der Waals surface area contributed by atoms with E-state index in [9.17, 15) is 4.21 Å². The molecule has 0 aliphatic carbocycles. The third kappa shape index (κ3) is 2.90. The Balaban J connectivity index is 1.91. The van der Waals surface area contributed by atoms with E-state index in [-0.39, 0.29) is 5.75 Å². The second-order valence-electron chi connectivity index (χ2n) is 4.52. The summed E-state index contributed by atoms with van der Waals surface area (Å²) < 4.78 is 12.4. The minimum atomic E-state index is -1.34. The number of nitrogens with two attached hydrogens (primary N) is 1. The van der Waals surface area contributed by atoms with Crippen molar-refractivity contribution in [2.24, 2.45) is 0 Å². The van der Waals surface area contributed by atoms with E-state index in [1.807, 2.05) is 0 Å². The topological polar surface area (TPSA) is 71.8 Å². The largest absolute Gasteiger partial charge is 0.399 e. The van der Waals surface area contributed by atoms with Crippen molar-refractivity contribution in [1.29, 1.82) is 0 Å². The number of H-pyrrole nitrogens is 1. The van der Waals surface area contributed by atoms with Crippen LogP contribution in [0, 0.1) is 0 Å². The molecule has 1 aromatic heterocycles. The van der Waals surface area contributed by atoms with Crippen LogP contribution in [0.1, 0.15) is 5.56 Å². The molecule has 1 atom stereocenters. The van der Waals surface area contributed by atoms with E-state index >= 15 is 0 Å². The maximum Gasteiger partial charge on any atom is 0.197 e. The first-order valence-electron chi connectivity index (χ1n) is 6.11. The second-order valence-corrected chi connectivity index (χ2v) is 6.67. The average Bonchev–Trinajstić information content (AvgIpc) is 2.87. The van der Waals surface area contributed by atoms with Gasteiger partial charge in [-0.15, -0.1) is 0 Å². The zero-order chi connectivity index (χ0) is 15.0.